The number of pyridine rings is 1. The van der Waals surface area contributed by atoms with Gasteiger partial charge in [0.15, 0.2) is 5.69 Å². The van der Waals surface area contributed by atoms with Crippen LogP contribution in [0.1, 0.15) is 54.1 Å². The molecule has 2 aliphatic rings. The van der Waals surface area contributed by atoms with E-state index in [0.29, 0.717) is 49.7 Å². The molecule has 2 saturated heterocycles. The molecule has 224 valence electrons. The second-order valence-electron chi connectivity index (χ2n) is 11.1. The zero-order chi connectivity index (χ0) is 30.0. The van der Waals surface area contributed by atoms with Crippen molar-refractivity contribution in [3.63, 3.8) is 0 Å². The molecule has 4 heterocycles. The molecule has 1 aromatic carbocycles. The molecule has 0 radical (unpaired) electrons. The van der Waals surface area contributed by atoms with Crippen molar-refractivity contribution in [3.05, 3.63) is 71.0 Å². The number of amides is 1. The molecular formula is C30H33F4N5O3. The van der Waals surface area contributed by atoms with Crippen LogP contribution in [0.15, 0.2) is 47.0 Å². The summed E-state index contributed by atoms with van der Waals surface area (Å²) in [5, 5.41) is 0. The maximum Gasteiger partial charge on any atom is 0.437 e. The maximum absolute atomic E-state index is 14.0. The van der Waals surface area contributed by atoms with Gasteiger partial charge < -0.3 is 19.1 Å². The summed E-state index contributed by atoms with van der Waals surface area (Å²) in [5.74, 6) is -1.26. The van der Waals surface area contributed by atoms with Gasteiger partial charge in [0, 0.05) is 51.4 Å². The number of oxazole rings is 1. The Balaban J connectivity index is 1.22. The number of benzene rings is 1. The van der Waals surface area contributed by atoms with Crippen molar-refractivity contribution in [2.45, 2.75) is 51.7 Å². The Bertz CT molecular complexity index is 1430. The molecule has 2 aliphatic heterocycles. The summed E-state index contributed by atoms with van der Waals surface area (Å²) in [5.41, 5.74) is -0.510. The Morgan fingerprint density at radius 1 is 1.00 bits per heavy atom. The number of rotatable bonds is 7. The van der Waals surface area contributed by atoms with Crippen molar-refractivity contribution in [1.29, 1.82) is 0 Å². The Labute approximate surface area is 241 Å². The highest BCUT2D eigenvalue weighted by molar-refractivity contribution is 5.96. The van der Waals surface area contributed by atoms with Crippen LogP contribution < -0.4 is 9.80 Å². The van der Waals surface area contributed by atoms with Gasteiger partial charge in [-0.25, -0.2) is 9.37 Å². The van der Waals surface area contributed by atoms with Crippen molar-refractivity contribution < 1.29 is 31.6 Å². The fourth-order valence-electron chi connectivity index (χ4n) is 5.60. The third kappa shape index (κ3) is 6.57. The summed E-state index contributed by atoms with van der Waals surface area (Å²) in [4.78, 5) is 39.3. The van der Waals surface area contributed by atoms with E-state index in [2.05, 4.69) is 9.97 Å². The molecule has 5 rings (SSSR count). The first-order chi connectivity index (χ1) is 20.0. The molecule has 1 amide bonds. The zero-order valence-corrected chi connectivity index (χ0v) is 23.5. The van der Waals surface area contributed by atoms with Crippen LogP contribution in [-0.2, 0) is 23.8 Å². The van der Waals surface area contributed by atoms with E-state index in [-0.39, 0.29) is 36.7 Å². The lowest BCUT2D eigenvalue weighted by atomic mass is 10.0. The summed E-state index contributed by atoms with van der Waals surface area (Å²) in [6.45, 7) is 6.39. The van der Waals surface area contributed by atoms with Crippen molar-refractivity contribution in [2.75, 3.05) is 42.5 Å². The van der Waals surface area contributed by atoms with E-state index in [1.54, 1.807) is 40.1 Å². The number of aromatic nitrogens is 2. The van der Waals surface area contributed by atoms with Gasteiger partial charge in [0.05, 0.1) is 6.42 Å². The minimum absolute atomic E-state index is 0.0160. The van der Waals surface area contributed by atoms with E-state index in [1.165, 1.54) is 12.3 Å². The Hall–Kier alpha value is -3.96. The summed E-state index contributed by atoms with van der Waals surface area (Å²) in [7, 11) is 0. The molecule has 2 fully saturated rings. The number of ketones is 1. The summed E-state index contributed by atoms with van der Waals surface area (Å²) in [6, 6.07) is 9.25. The van der Waals surface area contributed by atoms with Crippen LogP contribution in [0.25, 0.3) is 0 Å². The lowest BCUT2D eigenvalue weighted by Gasteiger charge is -2.40. The molecule has 12 heteroatoms. The second-order valence-corrected chi connectivity index (χ2v) is 11.1. The number of anilines is 2. The lowest BCUT2D eigenvalue weighted by Crippen LogP contribution is -2.54. The van der Waals surface area contributed by atoms with Gasteiger partial charge in [-0.05, 0) is 48.9 Å². The SMILES string of the molecule is CC1CCCN(c2nc(C(F)(F)F)c(C(=O)Cc3ccc(N4CCN(C(=O)Cc5ccccc5F)[C@H](C)C4)nc3)o2)C1. The number of alkyl halides is 3. The molecule has 0 spiro atoms. The number of hydrogen-bond donors (Lipinski definition) is 0. The van der Waals surface area contributed by atoms with Gasteiger partial charge in [-0.3, -0.25) is 9.59 Å². The van der Waals surface area contributed by atoms with Crippen LogP contribution >= 0.6 is 0 Å². The van der Waals surface area contributed by atoms with Gasteiger partial charge in [0.1, 0.15) is 11.6 Å². The Kier molecular flexibility index (Phi) is 8.51. The van der Waals surface area contributed by atoms with Gasteiger partial charge >= 0.3 is 6.18 Å². The quantitative estimate of drug-likeness (QED) is 0.279. The van der Waals surface area contributed by atoms with E-state index >= 15 is 0 Å². The van der Waals surface area contributed by atoms with Crippen LogP contribution in [0.3, 0.4) is 0 Å². The molecule has 0 N–H and O–H groups in total. The van der Waals surface area contributed by atoms with Crippen LogP contribution in [0.5, 0.6) is 0 Å². The minimum Gasteiger partial charge on any atom is -0.420 e. The number of piperazine rings is 1. The van der Waals surface area contributed by atoms with Crippen LogP contribution in [0.4, 0.5) is 29.4 Å². The van der Waals surface area contributed by atoms with Crippen LogP contribution in [-0.4, -0.2) is 65.3 Å². The van der Waals surface area contributed by atoms with Gasteiger partial charge in [0.25, 0.3) is 6.01 Å². The monoisotopic (exact) mass is 587 g/mol. The van der Waals surface area contributed by atoms with Gasteiger partial charge in [-0.1, -0.05) is 31.2 Å². The van der Waals surface area contributed by atoms with Crippen molar-refractivity contribution in [1.82, 2.24) is 14.9 Å². The first kappa shape index (κ1) is 29.5. The predicted molar refractivity (Wildman–Crippen MR) is 148 cm³/mol. The number of nitrogens with zero attached hydrogens (tertiary/aromatic N) is 5. The lowest BCUT2D eigenvalue weighted by molar-refractivity contribution is -0.141. The number of halogens is 4. The van der Waals surface area contributed by atoms with E-state index in [0.717, 1.165) is 12.8 Å². The predicted octanol–water partition coefficient (Wildman–Crippen LogP) is 5.17. The standard InChI is InChI=1S/C30H33F4N5O3/c1-19-6-5-11-38(17-19)29-36-28(30(32,33)34)27(42-29)24(40)14-21-9-10-25(35-16-21)37-12-13-39(20(2)18-37)26(41)15-22-7-3-4-8-23(22)31/h3-4,7-10,16,19-20H,5-6,11-15,17-18H2,1-2H3/t19?,20-/m1/s1. The largest absolute Gasteiger partial charge is 0.437 e. The van der Waals surface area contributed by atoms with E-state index in [4.69, 9.17) is 4.42 Å². The molecule has 2 atom stereocenters. The first-order valence-electron chi connectivity index (χ1n) is 14.1. The van der Waals surface area contributed by atoms with Crippen LogP contribution in [0, 0.1) is 11.7 Å². The average Bonchev–Trinajstić information content (AvgIpc) is 3.42. The van der Waals surface area contributed by atoms with Gasteiger partial charge in [-0.2, -0.15) is 18.2 Å². The molecule has 42 heavy (non-hydrogen) atoms. The number of hydrogen-bond acceptors (Lipinski definition) is 7. The first-order valence-corrected chi connectivity index (χ1v) is 14.1. The topological polar surface area (TPSA) is 82.8 Å². The third-order valence-corrected chi connectivity index (χ3v) is 7.81. The summed E-state index contributed by atoms with van der Waals surface area (Å²) >= 11 is 0. The minimum atomic E-state index is -4.83. The molecule has 0 saturated carbocycles. The number of carbonyl (C=O) groups excluding carboxylic acids is 2. The molecule has 3 aromatic rings. The molecular weight excluding hydrogens is 554 g/mol. The van der Waals surface area contributed by atoms with Crippen molar-refractivity contribution in [2.24, 2.45) is 5.92 Å². The fraction of sp³-hybridized carbons (Fsp3) is 0.467. The molecule has 1 unspecified atom stereocenters. The maximum atomic E-state index is 14.0. The molecule has 2 aromatic heterocycles. The normalized spacial score (nSPS) is 19.7. The highest BCUT2D eigenvalue weighted by Gasteiger charge is 2.42. The Morgan fingerprint density at radius 3 is 2.45 bits per heavy atom. The molecule has 0 aliphatic carbocycles. The Morgan fingerprint density at radius 2 is 1.79 bits per heavy atom. The number of carbonyl (C=O) groups is 2. The molecule has 8 nitrogen and oxygen atoms in total. The van der Waals surface area contributed by atoms with Gasteiger partial charge in [0.2, 0.25) is 17.5 Å². The summed E-state index contributed by atoms with van der Waals surface area (Å²) < 4.78 is 60.7. The highest BCUT2D eigenvalue weighted by Crippen LogP contribution is 2.35. The smallest absolute Gasteiger partial charge is 0.420 e. The van der Waals surface area contributed by atoms with Crippen LogP contribution in [0.2, 0.25) is 0 Å². The van der Waals surface area contributed by atoms with E-state index in [9.17, 15) is 27.2 Å². The highest BCUT2D eigenvalue weighted by atomic mass is 19.4. The van der Waals surface area contributed by atoms with Crippen molar-refractivity contribution >= 4 is 23.5 Å². The number of Topliss-reactive ketones (excluding diaryl/α,β-unsaturated/α-hetero) is 1. The van der Waals surface area contributed by atoms with Gasteiger partial charge in [-0.15, -0.1) is 0 Å². The summed E-state index contributed by atoms with van der Waals surface area (Å²) in [6.07, 6.45) is -1.92. The number of piperidine rings is 1. The zero-order valence-electron chi connectivity index (χ0n) is 23.5. The van der Waals surface area contributed by atoms with Crippen molar-refractivity contribution in [3.8, 4) is 0 Å². The second kappa shape index (κ2) is 12.1. The molecule has 0 bridgehead atoms. The van der Waals surface area contributed by atoms with E-state index in [1.807, 2.05) is 18.7 Å². The fourth-order valence-corrected chi connectivity index (χ4v) is 5.60. The average molecular weight is 588 g/mol. The third-order valence-electron chi connectivity index (χ3n) is 7.81. The van der Waals surface area contributed by atoms with E-state index < -0.39 is 29.2 Å².